The van der Waals surface area contributed by atoms with Gasteiger partial charge >= 0.3 is 5.97 Å². The molecule has 0 aliphatic rings. The van der Waals surface area contributed by atoms with Crippen molar-refractivity contribution in [1.29, 1.82) is 0 Å². The van der Waals surface area contributed by atoms with E-state index in [0.29, 0.717) is 41.2 Å². The maximum atomic E-state index is 13.3. The Hall–Kier alpha value is -3.37. The summed E-state index contributed by atoms with van der Waals surface area (Å²) in [6.07, 6.45) is 2.74. The first-order chi connectivity index (χ1) is 18.3. The van der Waals surface area contributed by atoms with Crippen molar-refractivity contribution in [2.75, 3.05) is 0 Å². The lowest BCUT2D eigenvalue weighted by Gasteiger charge is -2.10. The number of esters is 1. The molecular formula is C27H15Br2Cl2N3O4. The van der Waals surface area contributed by atoms with Gasteiger partial charge in [0.2, 0.25) is 5.76 Å². The lowest BCUT2D eigenvalue weighted by Crippen LogP contribution is -2.19. The quantitative estimate of drug-likeness (QED) is 0.0820. The zero-order valence-corrected chi connectivity index (χ0v) is 23.8. The summed E-state index contributed by atoms with van der Waals surface area (Å²) in [7, 11) is 0. The van der Waals surface area contributed by atoms with Gasteiger partial charge in [-0.3, -0.25) is 4.79 Å². The van der Waals surface area contributed by atoms with Crippen LogP contribution in [-0.2, 0) is 0 Å². The molecule has 38 heavy (non-hydrogen) atoms. The number of hydrogen-bond donors (Lipinski definition) is 2. The molecule has 0 saturated heterocycles. The Balaban J connectivity index is 1.47. The number of H-pyrrole nitrogens is 1. The lowest BCUT2D eigenvalue weighted by atomic mass is 10.0. The number of nitrogens with zero attached hydrogens (tertiary/aromatic N) is 1. The van der Waals surface area contributed by atoms with Crippen molar-refractivity contribution in [2.24, 2.45) is 5.10 Å². The van der Waals surface area contributed by atoms with Crippen molar-refractivity contribution in [1.82, 2.24) is 10.4 Å². The number of ether oxygens (including phenoxy) is 1. The Kier molecular flexibility index (Phi) is 7.71. The second-order valence-electron chi connectivity index (χ2n) is 7.89. The molecule has 0 aliphatic heterocycles. The third-order valence-electron chi connectivity index (χ3n) is 5.48. The molecule has 0 atom stereocenters. The Morgan fingerprint density at radius 3 is 2.55 bits per heavy atom. The van der Waals surface area contributed by atoms with Gasteiger partial charge in [0.25, 0.3) is 5.91 Å². The second-order valence-corrected chi connectivity index (χ2v) is 10.5. The predicted molar refractivity (Wildman–Crippen MR) is 154 cm³/mol. The number of benzene rings is 3. The first kappa shape index (κ1) is 26.2. The number of furan rings is 1. The number of aromatic nitrogens is 1. The summed E-state index contributed by atoms with van der Waals surface area (Å²) in [6, 6.07) is 19.1. The largest absolute Gasteiger partial charge is 0.457 e. The van der Waals surface area contributed by atoms with E-state index in [-0.39, 0.29) is 17.2 Å². The van der Waals surface area contributed by atoms with E-state index in [1.807, 2.05) is 24.3 Å². The molecule has 7 nitrogen and oxygen atoms in total. The van der Waals surface area contributed by atoms with Crippen LogP contribution in [0, 0.1) is 0 Å². The maximum Gasteiger partial charge on any atom is 0.379 e. The molecule has 0 saturated carbocycles. The summed E-state index contributed by atoms with van der Waals surface area (Å²) in [6.45, 7) is 0. The van der Waals surface area contributed by atoms with Crippen LogP contribution in [0.3, 0.4) is 0 Å². The number of hydrazone groups is 1. The Bertz CT molecular complexity index is 1720. The van der Waals surface area contributed by atoms with Gasteiger partial charge in [-0.25, -0.2) is 10.2 Å². The molecule has 190 valence electrons. The molecule has 0 bridgehead atoms. The molecule has 2 aromatic heterocycles. The molecule has 5 aromatic rings. The molecule has 1 amide bonds. The molecule has 0 unspecified atom stereocenters. The van der Waals surface area contributed by atoms with Crippen molar-refractivity contribution < 1.29 is 18.7 Å². The van der Waals surface area contributed by atoms with E-state index in [0.717, 1.165) is 5.39 Å². The first-order valence-corrected chi connectivity index (χ1v) is 13.3. The van der Waals surface area contributed by atoms with Gasteiger partial charge in [0.1, 0.15) is 5.69 Å². The van der Waals surface area contributed by atoms with Crippen LogP contribution in [0.2, 0.25) is 10.0 Å². The number of halogens is 4. The van der Waals surface area contributed by atoms with Gasteiger partial charge in [-0.05, 0) is 52.3 Å². The van der Waals surface area contributed by atoms with E-state index in [4.69, 9.17) is 32.4 Å². The number of amides is 1. The third kappa shape index (κ3) is 5.28. The van der Waals surface area contributed by atoms with E-state index in [1.54, 1.807) is 36.4 Å². The second kappa shape index (κ2) is 11.2. The number of rotatable bonds is 6. The molecule has 2 heterocycles. The summed E-state index contributed by atoms with van der Waals surface area (Å²) in [4.78, 5) is 28.9. The highest BCUT2D eigenvalue weighted by Crippen LogP contribution is 2.38. The van der Waals surface area contributed by atoms with Crippen molar-refractivity contribution in [2.45, 2.75) is 0 Å². The number of para-hydroxylation sites is 1. The minimum Gasteiger partial charge on any atom is -0.457 e. The van der Waals surface area contributed by atoms with Crippen LogP contribution in [0.1, 0.15) is 26.6 Å². The number of carbonyl (C=O) groups is 2. The first-order valence-electron chi connectivity index (χ1n) is 11.0. The van der Waals surface area contributed by atoms with E-state index >= 15 is 0 Å². The Morgan fingerprint density at radius 1 is 1.00 bits per heavy atom. The van der Waals surface area contributed by atoms with E-state index in [1.165, 1.54) is 18.5 Å². The van der Waals surface area contributed by atoms with Gasteiger partial charge in [0.15, 0.2) is 5.75 Å². The van der Waals surface area contributed by atoms with Gasteiger partial charge in [-0.1, -0.05) is 69.5 Å². The van der Waals surface area contributed by atoms with Gasteiger partial charge in [-0.15, -0.1) is 0 Å². The van der Waals surface area contributed by atoms with Gasteiger partial charge < -0.3 is 14.1 Å². The third-order valence-corrected chi connectivity index (χ3v) is 7.17. The van der Waals surface area contributed by atoms with Gasteiger partial charge in [-0.2, -0.15) is 5.10 Å². The van der Waals surface area contributed by atoms with Crippen LogP contribution in [0.4, 0.5) is 0 Å². The molecule has 0 fully saturated rings. The molecular weight excluding hydrogens is 661 g/mol. The van der Waals surface area contributed by atoms with Crippen LogP contribution < -0.4 is 10.2 Å². The van der Waals surface area contributed by atoms with Crippen LogP contribution in [0.5, 0.6) is 5.75 Å². The molecule has 5 rings (SSSR count). The molecule has 2 N–H and O–H groups in total. The number of hydrogen-bond acceptors (Lipinski definition) is 5. The van der Waals surface area contributed by atoms with Crippen LogP contribution >= 0.6 is 55.1 Å². The van der Waals surface area contributed by atoms with Crippen LogP contribution in [-0.4, -0.2) is 23.1 Å². The standard InChI is InChI=1S/C27H15Br2Cl2N3O4/c28-15-11-14(25(18(29)12-15)38-27(36)21-9-4-10-37-21)13-32-34-26(35)24-22(16-5-1-2-7-19(16)30)17-6-3-8-20(31)23(17)33-24/h1-13,33H,(H,34,35). The maximum absolute atomic E-state index is 13.3. The van der Waals surface area contributed by atoms with Crippen molar-refractivity contribution in [3.05, 3.63) is 109 Å². The highest BCUT2D eigenvalue weighted by Gasteiger charge is 2.22. The number of carbonyl (C=O) groups excluding carboxylic acids is 2. The zero-order chi connectivity index (χ0) is 26.8. The summed E-state index contributed by atoms with van der Waals surface area (Å²) >= 11 is 19.7. The summed E-state index contributed by atoms with van der Waals surface area (Å²) < 4.78 is 11.8. The normalized spacial score (nSPS) is 11.3. The van der Waals surface area contributed by atoms with Crippen molar-refractivity contribution >= 4 is 84.1 Å². The summed E-state index contributed by atoms with van der Waals surface area (Å²) in [5, 5.41) is 5.79. The summed E-state index contributed by atoms with van der Waals surface area (Å²) in [5.74, 6) is -0.968. The minimum atomic E-state index is -0.684. The molecule has 11 heteroatoms. The van der Waals surface area contributed by atoms with Crippen LogP contribution in [0.15, 0.2) is 91.5 Å². The monoisotopic (exact) mass is 673 g/mol. The highest BCUT2D eigenvalue weighted by molar-refractivity contribution is 9.11. The highest BCUT2D eigenvalue weighted by atomic mass is 79.9. The number of nitrogens with one attached hydrogen (secondary N) is 2. The number of fused-ring (bicyclic) bond motifs is 1. The van der Waals surface area contributed by atoms with E-state index in [9.17, 15) is 9.59 Å². The van der Waals surface area contributed by atoms with Gasteiger partial charge in [0.05, 0.1) is 27.5 Å². The molecule has 0 aliphatic carbocycles. The lowest BCUT2D eigenvalue weighted by molar-refractivity contribution is 0.0699. The fourth-order valence-electron chi connectivity index (χ4n) is 3.83. The smallest absolute Gasteiger partial charge is 0.379 e. The van der Waals surface area contributed by atoms with Crippen molar-refractivity contribution in [3.8, 4) is 16.9 Å². The van der Waals surface area contributed by atoms with Gasteiger partial charge in [0, 0.05) is 31.6 Å². The fourth-order valence-corrected chi connectivity index (χ4v) is 5.62. The molecule has 0 spiro atoms. The number of aromatic amines is 1. The van der Waals surface area contributed by atoms with Crippen molar-refractivity contribution in [3.63, 3.8) is 0 Å². The zero-order valence-electron chi connectivity index (χ0n) is 19.1. The topological polar surface area (TPSA) is 96.7 Å². The van der Waals surface area contributed by atoms with E-state index in [2.05, 4.69) is 47.4 Å². The average Bonchev–Trinajstić information content (AvgIpc) is 3.56. The van der Waals surface area contributed by atoms with E-state index < -0.39 is 11.9 Å². The minimum absolute atomic E-state index is 0.0422. The fraction of sp³-hybridized carbons (Fsp3) is 0. The molecule has 0 radical (unpaired) electrons. The average molecular weight is 676 g/mol. The summed E-state index contributed by atoms with van der Waals surface area (Å²) in [5.41, 5.74) is 5.04. The van der Waals surface area contributed by atoms with Crippen LogP contribution in [0.25, 0.3) is 22.0 Å². The molecule has 3 aromatic carbocycles. The Labute approximate surface area is 243 Å². The predicted octanol–water partition coefficient (Wildman–Crippen LogP) is 8.24. The SMILES string of the molecule is O=C(Oc1c(Br)cc(Br)cc1C=NNC(=O)c1[nH]c2c(Cl)cccc2c1-c1ccccc1Cl)c1ccco1. The Morgan fingerprint density at radius 2 is 1.79 bits per heavy atom.